The molecule has 0 saturated heterocycles. The standard InChI is InChI=1S/C17H20INO2/c1-4-10-21-13-6-7-14(12(3)11-13)16-9-8-15(18)17(20)19(16)5-2/h4,6-7,9,11,15H,1,5,8,10H2,2-3H3. The zero-order valence-corrected chi connectivity index (χ0v) is 14.6. The summed E-state index contributed by atoms with van der Waals surface area (Å²) in [5, 5.41) is 0. The van der Waals surface area contributed by atoms with Crippen molar-refractivity contribution < 1.29 is 9.53 Å². The quantitative estimate of drug-likeness (QED) is 0.428. The maximum atomic E-state index is 12.3. The van der Waals surface area contributed by atoms with Gasteiger partial charge in [0.2, 0.25) is 5.91 Å². The number of nitrogens with zero attached hydrogens (tertiary/aromatic N) is 1. The zero-order chi connectivity index (χ0) is 15.4. The van der Waals surface area contributed by atoms with Gasteiger partial charge in [0.15, 0.2) is 0 Å². The fourth-order valence-corrected chi connectivity index (χ4v) is 3.05. The second kappa shape index (κ2) is 7.11. The third kappa shape index (κ3) is 3.48. The molecule has 1 amide bonds. The van der Waals surface area contributed by atoms with Gasteiger partial charge in [-0.1, -0.05) is 41.3 Å². The monoisotopic (exact) mass is 397 g/mol. The molecule has 112 valence electrons. The molecule has 4 heteroatoms. The molecule has 0 N–H and O–H groups in total. The highest BCUT2D eigenvalue weighted by molar-refractivity contribution is 14.1. The summed E-state index contributed by atoms with van der Waals surface area (Å²) in [7, 11) is 0. The Labute approximate surface area is 139 Å². The molecule has 3 nitrogen and oxygen atoms in total. The smallest absolute Gasteiger partial charge is 0.240 e. The van der Waals surface area contributed by atoms with Crippen LogP contribution in [-0.2, 0) is 4.79 Å². The van der Waals surface area contributed by atoms with Gasteiger partial charge in [0, 0.05) is 17.8 Å². The minimum atomic E-state index is 0.0433. The van der Waals surface area contributed by atoms with Gasteiger partial charge in [-0.3, -0.25) is 4.79 Å². The lowest BCUT2D eigenvalue weighted by atomic mass is 10.00. The first-order valence-corrected chi connectivity index (χ1v) is 8.33. The van der Waals surface area contributed by atoms with E-state index in [-0.39, 0.29) is 9.83 Å². The van der Waals surface area contributed by atoms with Crippen LogP contribution in [0.3, 0.4) is 0 Å². The minimum Gasteiger partial charge on any atom is -0.490 e. The summed E-state index contributed by atoms with van der Waals surface area (Å²) >= 11 is 2.21. The molecule has 2 rings (SSSR count). The second-order valence-corrected chi connectivity index (χ2v) is 6.46. The second-order valence-electron chi connectivity index (χ2n) is 4.95. The summed E-state index contributed by atoms with van der Waals surface area (Å²) in [5.41, 5.74) is 3.23. The van der Waals surface area contributed by atoms with Crippen molar-refractivity contribution >= 4 is 34.2 Å². The van der Waals surface area contributed by atoms with E-state index < -0.39 is 0 Å². The van der Waals surface area contributed by atoms with Crippen molar-refractivity contribution in [3.05, 3.63) is 48.1 Å². The number of ether oxygens (including phenoxy) is 1. The Morgan fingerprint density at radius 1 is 1.52 bits per heavy atom. The zero-order valence-electron chi connectivity index (χ0n) is 12.4. The Hall–Kier alpha value is -1.30. The summed E-state index contributed by atoms with van der Waals surface area (Å²) in [6, 6.07) is 5.98. The highest BCUT2D eigenvalue weighted by atomic mass is 127. The fraction of sp³-hybridized carbons (Fsp3) is 0.353. The molecule has 0 radical (unpaired) electrons. The Morgan fingerprint density at radius 3 is 2.90 bits per heavy atom. The van der Waals surface area contributed by atoms with Crippen molar-refractivity contribution in [2.45, 2.75) is 24.2 Å². The molecule has 1 aliphatic rings. The van der Waals surface area contributed by atoms with Gasteiger partial charge >= 0.3 is 0 Å². The third-order valence-corrected chi connectivity index (χ3v) is 4.54. The normalized spacial score (nSPS) is 18.4. The molecule has 1 heterocycles. The summed E-state index contributed by atoms with van der Waals surface area (Å²) in [6.07, 6.45) is 4.68. The van der Waals surface area contributed by atoms with E-state index in [0.29, 0.717) is 13.2 Å². The van der Waals surface area contributed by atoms with Crippen molar-refractivity contribution in [2.75, 3.05) is 13.2 Å². The predicted octanol–water partition coefficient (Wildman–Crippen LogP) is 3.96. The predicted molar refractivity (Wildman–Crippen MR) is 94.7 cm³/mol. The number of hydrogen-bond donors (Lipinski definition) is 0. The molecule has 0 aromatic heterocycles. The fourth-order valence-electron chi connectivity index (χ4n) is 2.46. The van der Waals surface area contributed by atoms with E-state index in [9.17, 15) is 4.79 Å². The summed E-state index contributed by atoms with van der Waals surface area (Å²) in [5.74, 6) is 1.02. The maximum Gasteiger partial charge on any atom is 0.240 e. The van der Waals surface area contributed by atoms with Gasteiger partial charge in [0.1, 0.15) is 12.4 Å². The van der Waals surface area contributed by atoms with Crippen LogP contribution in [0.4, 0.5) is 0 Å². The highest BCUT2D eigenvalue weighted by Gasteiger charge is 2.28. The first-order chi connectivity index (χ1) is 10.1. The van der Waals surface area contributed by atoms with E-state index in [2.05, 4.69) is 35.2 Å². The topological polar surface area (TPSA) is 29.5 Å². The largest absolute Gasteiger partial charge is 0.490 e. The highest BCUT2D eigenvalue weighted by Crippen LogP contribution is 2.31. The first-order valence-electron chi connectivity index (χ1n) is 7.08. The number of carbonyl (C=O) groups excluding carboxylic acids is 1. The summed E-state index contributed by atoms with van der Waals surface area (Å²) in [4.78, 5) is 14.2. The maximum absolute atomic E-state index is 12.3. The Balaban J connectivity index is 2.32. The van der Waals surface area contributed by atoms with Crippen LogP contribution >= 0.6 is 22.6 Å². The van der Waals surface area contributed by atoms with Crippen LogP contribution in [0.1, 0.15) is 24.5 Å². The Kier molecular flexibility index (Phi) is 5.45. The van der Waals surface area contributed by atoms with E-state index in [1.807, 2.05) is 36.9 Å². The van der Waals surface area contributed by atoms with Crippen molar-refractivity contribution in [3.8, 4) is 5.75 Å². The molecule has 0 spiro atoms. The van der Waals surface area contributed by atoms with E-state index in [4.69, 9.17) is 4.74 Å². The molecule has 1 atom stereocenters. The average molecular weight is 397 g/mol. The number of alkyl halides is 1. The van der Waals surface area contributed by atoms with E-state index in [1.165, 1.54) is 0 Å². The molecule has 1 aromatic rings. The molecule has 0 aliphatic carbocycles. The lowest BCUT2D eigenvalue weighted by Gasteiger charge is -2.31. The summed E-state index contributed by atoms with van der Waals surface area (Å²) in [6.45, 7) is 8.90. The molecular weight excluding hydrogens is 377 g/mol. The first kappa shape index (κ1) is 16.1. The Morgan fingerprint density at radius 2 is 2.29 bits per heavy atom. The number of aryl methyl sites for hydroxylation is 1. The SMILES string of the molecule is C=CCOc1ccc(C2=CCC(I)C(=O)N2CC)c(C)c1. The minimum absolute atomic E-state index is 0.0433. The third-order valence-electron chi connectivity index (χ3n) is 3.50. The van der Waals surface area contributed by atoms with Crippen molar-refractivity contribution in [2.24, 2.45) is 0 Å². The van der Waals surface area contributed by atoms with Crippen molar-refractivity contribution in [1.82, 2.24) is 4.90 Å². The number of halogens is 1. The van der Waals surface area contributed by atoms with Crippen LogP contribution in [-0.4, -0.2) is 27.9 Å². The number of rotatable bonds is 5. The van der Waals surface area contributed by atoms with E-state index in [0.717, 1.165) is 29.0 Å². The lowest BCUT2D eigenvalue weighted by Crippen LogP contribution is -2.38. The molecule has 0 fully saturated rings. The molecule has 0 bridgehead atoms. The van der Waals surface area contributed by atoms with Crippen LogP contribution in [0.2, 0.25) is 0 Å². The molecular formula is C17H20INO2. The van der Waals surface area contributed by atoms with Gasteiger partial charge in [-0.2, -0.15) is 0 Å². The number of amides is 1. The van der Waals surface area contributed by atoms with Crippen LogP contribution in [0, 0.1) is 6.92 Å². The van der Waals surface area contributed by atoms with Crippen LogP contribution < -0.4 is 4.74 Å². The van der Waals surface area contributed by atoms with Crippen LogP contribution in [0.25, 0.3) is 5.70 Å². The molecule has 1 unspecified atom stereocenters. The molecule has 21 heavy (non-hydrogen) atoms. The molecule has 0 saturated carbocycles. The van der Waals surface area contributed by atoms with Gasteiger partial charge in [-0.15, -0.1) is 0 Å². The Bertz CT molecular complexity index is 580. The summed E-state index contributed by atoms with van der Waals surface area (Å²) < 4.78 is 5.59. The van der Waals surface area contributed by atoms with Gasteiger partial charge in [0.05, 0.1) is 3.92 Å². The lowest BCUT2D eigenvalue weighted by molar-refractivity contribution is -0.127. The van der Waals surface area contributed by atoms with Crippen molar-refractivity contribution in [3.63, 3.8) is 0 Å². The van der Waals surface area contributed by atoms with Crippen LogP contribution in [0.15, 0.2) is 36.9 Å². The van der Waals surface area contributed by atoms with E-state index in [1.54, 1.807) is 6.08 Å². The average Bonchev–Trinajstić information content (AvgIpc) is 2.48. The van der Waals surface area contributed by atoms with Gasteiger partial charge in [-0.05, 0) is 44.0 Å². The van der Waals surface area contributed by atoms with Crippen molar-refractivity contribution in [1.29, 1.82) is 0 Å². The van der Waals surface area contributed by atoms with E-state index >= 15 is 0 Å². The van der Waals surface area contributed by atoms with Gasteiger partial charge in [0.25, 0.3) is 0 Å². The number of benzene rings is 1. The number of carbonyl (C=O) groups is 1. The molecule has 1 aliphatic heterocycles. The van der Waals surface area contributed by atoms with Gasteiger partial charge < -0.3 is 9.64 Å². The van der Waals surface area contributed by atoms with Gasteiger partial charge in [-0.25, -0.2) is 0 Å². The number of allylic oxidation sites excluding steroid dienone is 1. The number of hydrogen-bond acceptors (Lipinski definition) is 2. The van der Waals surface area contributed by atoms with Crippen LogP contribution in [0.5, 0.6) is 5.75 Å². The molecule has 1 aromatic carbocycles.